The molecule has 0 spiro atoms. The molecule has 0 aliphatic heterocycles. The number of amides is 2. The van der Waals surface area contributed by atoms with Gasteiger partial charge in [-0.15, -0.1) is 0 Å². The van der Waals surface area contributed by atoms with Gasteiger partial charge in [-0.05, 0) is 12.1 Å². The first-order valence-corrected chi connectivity index (χ1v) is 8.49. The van der Waals surface area contributed by atoms with Gasteiger partial charge in [-0.1, -0.05) is 22.4 Å². The molecule has 0 radical (unpaired) electrons. The Bertz CT molecular complexity index is 1210. The molecular weight excluding hydrogens is 398 g/mol. The lowest BCUT2D eigenvalue weighted by molar-refractivity contribution is 0.0962. The predicted octanol–water partition coefficient (Wildman–Crippen LogP) is 1.93. The number of pyridine rings is 1. The number of fused-ring (bicyclic) bond motifs is 1. The van der Waals surface area contributed by atoms with Crippen LogP contribution in [0.3, 0.4) is 0 Å². The third kappa shape index (κ3) is 3.84. The summed E-state index contributed by atoms with van der Waals surface area (Å²) in [6.07, 6.45) is -1.08. The second kappa shape index (κ2) is 8.45. The second-order valence-corrected chi connectivity index (χ2v) is 5.93. The second-order valence-electron chi connectivity index (χ2n) is 5.93. The minimum atomic E-state index is -1.08. The van der Waals surface area contributed by atoms with Gasteiger partial charge in [-0.25, -0.2) is 4.79 Å². The Labute approximate surface area is 168 Å². The summed E-state index contributed by atoms with van der Waals surface area (Å²) >= 11 is 0. The van der Waals surface area contributed by atoms with E-state index in [0.717, 1.165) is 10.6 Å². The molecule has 3 rings (SSSR count). The number of aromatic nitrogens is 2. The molecule has 1 aromatic carbocycles. The molecule has 3 aromatic rings. The van der Waals surface area contributed by atoms with Gasteiger partial charge in [0, 0.05) is 13.2 Å². The Morgan fingerprint density at radius 2 is 1.87 bits per heavy atom. The Morgan fingerprint density at radius 3 is 2.60 bits per heavy atom. The van der Waals surface area contributed by atoms with Crippen molar-refractivity contribution in [3.05, 3.63) is 41.4 Å². The summed E-state index contributed by atoms with van der Waals surface area (Å²) in [5.41, 5.74) is -0.452. The molecule has 0 atom stereocenters. The topological polar surface area (TPSA) is 183 Å². The zero-order valence-corrected chi connectivity index (χ0v) is 15.6. The van der Waals surface area contributed by atoms with Crippen molar-refractivity contribution in [1.82, 2.24) is 9.55 Å². The number of hydrogen-bond acceptors (Lipinski definition) is 8. The number of azo groups is 1. The Balaban J connectivity index is 2.02. The molecule has 12 nitrogen and oxygen atoms in total. The molecule has 0 fully saturated rings. The third-order valence-electron chi connectivity index (χ3n) is 4.07. The van der Waals surface area contributed by atoms with Crippen LogP contribution in [0.1, 0.15) is 10.4 Å². The summed E-state index contributed by atoms with van der Waals surface area (Å²) < 4.78 is 10.4. The number of methoxy groups -OCH3 is 1. The van der Waals surface area contributed by atoms with Gasteiger partial charge in [-0.3, -0.25) is 19.8 Å². The fraction of sp³-hybridized carbons (Fsp3) is 0.167. The van der Waals surface area contributed by atoms with Gasteiger partial charge < -0.3 is 24.8 Å². The number of para-hydroxylation sites is 1. The van der Waals surface area contributed by atoms with Gasteiger partial charge in [-0.2, -0.15) is 0 Å². The van der Waals surface area contributed by atoms with E-state index in [2.05, 4.69) is 19.9 Å². The average molecular weight is 415 g/mol. The SMILES string of the molecule is COCCOC(=O)N=NC(=O)c1ccccc1-n1c(O)cc2c(O)[nH]c(O)c2c1=N. The van der Waals surface area contributed by atoms with E-state index < -0.39 is 35.1 Å². The molecule has 2 heterocycles. The van der Waals surface area contributed by atoms with Crippen LogP contribution in [-0.2, 0) is 9.47 Å². The minimum Gasteiger partial charge on any atom is -0.494 e. The van der Waals surface area contributed by atoms with Crippen LogP contribution in [0.4, 0.5) is 4.79 Å². The van der Waals surface area contributed by atoms with Crippen molar-refractivity contribution in [2.24, 2.45) is 10.2 Å². The van der Waals surface area contributed by atoms with Crippen LogP contribution < -0.4 is 5.49 Å². The number of nitrogens with one attached hydrogen (secondary N) is 2. The molecule has 2 aromatic heterocycles. The number of carbonyl (C=O) groups is 2. The van der Waals surface area contributed by atoms with Crippen LogP contribution in [0.5, 0.6) is 17.6 Å². The molecule has 156 valence electrons. The summed E-state index contributed by atoms with van der Waals surface area (Å²) in [5.74, 6) is -2.33. The van der Waals surface area contributed by atoms with Gasteiger partial charge in [0.25, 0.3) is 5.91 Å². The molecule has 0 aliphatic rings. The standard InChI is InChI=1S/C18H17N5O7/c1-29-6-7-30-18(28)22-21-16(26)9-4-2-3-5-11(9)23-12(24)8-10-13(14(23)19)17(27)20-15(10)25/h2-5,8,19-20,24-25,27H,6-7H2,1H3. The first-order chi connectivity index (χ1) is 14.3. The predicted molar refractivity (Wildman–Crippen MR) is 101 cm³/mol. The lowest BCUT2D eigenvalue weighted by Gasteiger charge is -2.13. The number of aromatic hydroxyl groups is 3. The molecule has 12 heteroatoms. The number of rotatable bonds is 5. The number of hydrogen-bond donors (Lipinski definition) is 5. The van der Waals surface area contributed by atoms with E-state index in [1.54, 1.807) is 6.07 Å². The maximum Gasteiger partial charge on any atom is 0.452 e. The monoisotopic (exact) mass is 415 g/mol. The minimum absolute atomic E-state index is 0.0218. The van der Waals surface area contributed by atoms with Crippen molar-refractivity contribution in [3.8, 4) is 23.3 Å². The highest BCUT2D eigenvalue weighted by atomic mass is 16.6. The van der Waals surface area contributed by atoms with Gasteiger partial charge in [0.2, 0.25) is 5.88 Å². The molecule has 5 N–H and O–H groups in total. The van der Waals surface area contributed by atoms with Crippen LogP contribution in [-0.4, -0.2) is 57.2 Å². The van der Waals surface area contributed by atoms with E-state index in [4.69, 9.17) is 10.1 Å². The number of nitrogens with zero attached hydrogens (tertiary/aromatic N) is 3. The van der Waals surface area contributed by atoms with Crippen molar-refractivity contribution in [2.45, 2.75) is 0 Å². The van der Waals surface area contributed by atoms with Crippen LogP contribution in [0, 0.1) is 5.41 Å². The van der Waals surface area contributed by atoms with E-state index in [1.807, 2.05) is 0 Å². The molecule has 0 bridgehead atoms. The van der Waals surface area contributed by atoms with E-state index in [0.29, 0.717) is 0 Å². The van der Waals surface area contributed by atoms with Crippen LogP contribution in [0.2, 0.25) is 0 Å². The highest BCUT2D eigenvalue weighted by Gasteiger charge is 2.20. The summed E-state index contributed by atoms with van der Waals surface area (Å²) in [4.78, 5) is 26.2. The zero-order chi connectivity index (χ0) is 21.8. The molecular formula is C18H17N5O7. The van der Waals surface area contributed by atoms with Crippen molar-refractivity contribution in [1.29, 1.82) is 5.41 Å². The highest BCUT2D eigenvalue weighted by molar-refractivity contribution is 5.99. The van der Waals surface area contributed by atoms with Crippen molar-refractivity contribution in [3.63, 3.8) is 0 Å². The molecule has 0 unspecified atom stereocenters. The largest absolute Gasteiger partial charge is 0.494 e. The maximum atomic E-state index is 12.5. The zero-order valence-electron chi connectivity index (χ0n) is 15.6. The summed E-state index contributed by atoms with van der Waals surface area (Å²) in [6, 6.07) is 6.97. The van der Waals surface area contributed by atoms with Gasteiger partial charge in [0.05, 0.1) is 28.6 Å². The third-order valence-corrected chi connectivity index (χ3v) is 4.07. The van der Waals surface area contributed by atoms with Crippen molar-refractivity contribution in [2.75, 3.05) is 20.3 Å². The lowest BCUT2D eigenvalue weighted by atomic mass is 10.1. The number of aromatic amines is 1. The fourth-order valence-electron chi connectivity index (χ4n) is 2.76. The van der Waals surface area contributed by atoms with Gasteiger partial charge in [0.1, 0.15) is 12.1 Å². The quantitative estimate of drug-likeness (QED) is 0.311. The van der Waals surface area contributed by atoms with Crippen LogP contribution in [0.15, 0.2) is 40.6 Å². The van der Waals surface area contributed by atoms with E-state index >= 15 is 0 Å². The average Bonchev–Trinajstić information content (AvgIpc) is 3.00. The molecule has 0 saturated carbocycles. The Kier molecular flexibility index (Phi) is 5.78. The fourth-order valence-corrected chi connectivity index (χ4v) is 2.76. The van der Waals surface area contributed by atoms with Crippen LogP contribution in [0.25, 0.3) is 16.5 Å². The summed E-state index contributed by atoms with van der Waals surface area (Å²) in [7, 11) is 1.43. The van der Waals surface area contributed by atoms with Crippen molar-refractivity contribution >= 4 is 22.8 Å². The van der Waals surface area contributed by atoms with E-state index in [1.165, 1.54) is 25.3 Å². The molecule has 2 amide bonds. The number of ether oxygens (including phenoxy) is 2. The van der Waals surface area contributed by atoms with Gasteiger partial charge in [0.15, 0.2) is 11.8 Å². The molecule has 0 saturated heterocycles. The van der Waals surface area contributed by atoms with E-state index in [9.17, 15) is 24.9 Å². The Hall–Kier alpha value is -4.19. The summed E-state index contributed by atoms with van der Waals surface area (Å²) in [5, 5.41) is 44.9. The number of benzene rings is 1. The molecule has 0 aliphatic carbocycles. The Morgan fingerprint density at radius 1 is 1.13 bits per heavy atom. The summed E-state index contributed by atoms with van der Waals surface area (Å²) in [6.45, 7) is 0.0995. The number of carbonyl (C=O) groups excluding carboxylic acids is 2. The first kappa shape index (κ1) is 20.5. The molecule has 30 heavy (non-hydrogen) atoms. The van der Waals surface area contributed by atoms with Crippen LogP contribution >= 0.6 is 0 Å². The number of H-pyrrole nitrogens is 1. The first-order valence-electron chi connectivity index (χ1n) is 8.49. The normalized spacial score (nSPS) is 11.2. The highest BCUT2D eigenvalue weighted by Crippen LogP contribution is 2.32. The maximum absolute atomic E-state index is 12.5. The van der Waals surface area contributed by atoms with Crippen molar-refractivity contribution < 1.29 is 34.4 Å². The van der Waals surface area contributed by atoms with E-state index in [-0.39, 0.29) is 35.2 Å². The van der Waals surface area contributed by atoms with Gasteiger partial charge >= 0.3 is 6.09 Å². The smallest absolute Gasteiger partial charge is 0.452 e. The lowest BCUT2D eigenvalue weighted by Crippen LogP contribution is -2.20.